The first kappa shape index (κ1) is 17.5. The Balaban J connectivity index is 1.97. The lowest BCUT2D eigenvalue weighted by atomic mass is 10.1. The van der Waals surface area contributed by atoms with E-state index in [2.05, 4.69) is 5.32 Å². The Bertz CT molecular complexity index is 695. The molecule has 0 aliphatic carbocycles. The molecule has 0 atom stereocenters. The summed E-state index contributed by atoms with van der Waals surface area (Å²) in [6.07, 6.45) is 0.844. The summed E-state index contributed by atoms with van der Waals surface area (Å²) in [5.74, 6) is -0.100. The first-order chi connectivity index (χ1) is 11.6. The molecule has 0 unspecified atom stereocenters. The number of benzene rings is 2. The third-order valence-electron chi connectivity index (χ3n) is 3.42. The summed E-state index contributed by atoms with van der Waals surface area (Å²) in [6.45, 7) is 3.95. The van der Waals surface area contributed by atoms with Crippen molar-refractivity contribution in [3.8, 4) is 5.75 Å². The van der Waals surface area contributed by atoms with Crippen molar-refractivity contribution >= 4 is 17.6 Å². The molecule has 24 heavy (non-hydrogen) atoms. The molecule has 0 aliphatic rings. The SMILES string of the molecule is CCOC(=O)COc1ccc(C(=O)Nc2ccccc2CC)cc1. The summed E-state index contributed by atoms with van der Waals surface area (Å²) >= 11 is 0. The summed E-state index contributed by atoms with van der Waals surface area (Å²) < 4.78 is 10.1. The van der Waals surface area contributed by atoms with Gasteiger partial charge in [-0.1, -0.05) is 25.1 Å². The molecular weight excluding hydrogens is 306 g/mol. The smallest absolute Gasteiger partial charge is 0.344 e. The Morgan fingerprint density at radius 1 is 1.00 bits per heavy atom. The molecule has 0 saturated carbocycles. The number of rotatable bonds is 7. The van der Waals surface area contributed by atoms with Crippen molar-refractivity contribution < 1.29 is 19.1 Å². The Morgan fingerprint density at radius 2 is 1.71 bits per heavy atom. The maximum Gasteiger partial charge on any atom is 0.344 e. The first-order valence-electron chi connectivity index (χ1n) is 7.91. The van der Waals surface area contributed by atoms with Crippen molar-refractivity contribution in [3.05, 3.63) is 59.7 Å². The summed E-state index contributed by atoms with van der Waals surface area (Å²) in [5, 5.41) is 2.91. The van der Waals surface area contributed by atoms with Crippen LogP contribution in [0.3, 0.4) is 0 Å². The van der Waals surface area contributed by atoms with E-state index in [0.717, 1.165) is 17.7 Å². The summed E-state index contributed by atoms with van der Waals surface area (Å²) in [7, 11) is 0. The number of ether oxygens (including phenoxy) is 2. The molecule has 5 nitrogen and oxygen atoms in total. The van der Waals surface area contributed by atoms with Crippen LogP contribution in [0.4, 0.5) is 5.69 Å². The van der Waals surface area contributed by atoms with Gasteiger partial charge in [-0.3, -0.25) is 4.79 Å². The van der Waals surface area contributed by atoms with E-state index in [9.17, 15) is 9.59 Å². The quantitative estimate of drug-likeness (QED) is 0.791. The van der Waals surface area contributed by atoms with E-state index in [-0.39, 0.29) is 12.5 Å². The molecule has 0 bridgehead atoms. The molecule has 0 radical (unpaired) electrons. The van der Waals surface area contributed by atoms with Gasteiger partial charge in [0, 0.05) is 11.3 Å². The summed E-state index contributed by atoms with van der Waals surface area (Å²) in [6, 6.07) is 14.3. The van der Waals surface area contributed by atoms with Gasteiger partial charge in [0.05, 0.1) is 6.61 Å². The molecule has 0 heterocycles. The van der Waals surface area contributed by atoms with Crippen LogP contribution in [0.15, 0.2) is 48.5 Å². The molecule has 5 heteroatoms. The number of para-hydroxylation sites is 1. The van der Waals surface area contributed by atoms with Gasteiger partial charge in [0.25, 0.3) is 5.91 Å². The predicted octanol–water partition coefficient (Wildman–Crippen LogP) is 3.44. The average Bonchev–Trinajstić information content (AvgIpc) is 2.61. The Morgan fingerprint density at radius 3 is 2.38 bits per heavy atom. The third-order valence-corrected chi connectivity index (χ3v) is 3.42. The van der Waals surface area contributed by atoms with Gasteiger partial charge in [-0.15, -0.1) is 0 Å². The second-order valence-electron chi connectivity index (χ2n) is 5.08. The monoisotopic (exact) mass is 327 g/mol. The maximum absolute atomic E-state index is 12.3. The molecule has 2 aromatic rings. The van der Waals surface area contributed by atoms with Crippen LogP contribution in [0, 0.1) is 0 Å². The molecule has 126 valence electrons. The Hall–Kier alpha value is -2.82. The van der Waals surface area contributed by atoms with Crippen molar-refractivity contribution in [2.45, 2.75) is 20.3 Å². The van der Waals surface area contributed by atoms with Crippen molar-refractivity contribution in [3.63, 3.8) is 0 Å². The topological polar surface area (TPSA) is 64.6 Å². The number of hydrogen-bond acceptors (Lipinski definition) is 4. The van der Waals surface area contributed by atoms with E-state index in [1.807, 2.05) is 31.2 Å². The molecule has 0 fully saturated rings. The third kappa shape index (κ3) is 4.84. The van der Waals surface area contributed by atoms with E-state index in [0.29, 0.717) is 17.9 Å². The van der Waals surface area contributed by atoms with Crippen LogP contribution >= 0.6 is 0 Å². The molecule has 2 aromatic carbocycles. The lowest BCUT2D eigenvalue weighted by Gasteiger charge is -2.10. The minimum absolute atomic E-state index is 0.150. The molecule has 1 amide bonds. The van der Waals surface area contributed by atoms with Gasteiger partial charge < -0.3 is 14.8 Å². The van der Waals surface area contributed by atoms with Crippen molar-refractivity contribution in [2.24, 2.45) is 0 Å². The average molecular weight is 327 g/mol. The molecule has 2 rings (SSSR count). The Kier molecular flexibility index (Phi) is 6.37. The standard InChI is InChI=1S/C19H21NO4/c1-3-14-7-5-6-8-17(14)20-19(22)15-9-11-16(12-10-15)24-13-18(21)23-4-2/h5-12H,3-4,13H2,1-2H3,(H,20,22). The van der Waals surface area contributed by atoms with Gasteiger partial charge in [0.1, 0.15) is 5.75 Å². The zero-order valence-electron chi connectivity index (χ0n) is 13.9. The van der Waals surface area contributed by atoms with E-state index >= 15 is 0 Å². The van der Waals surface area contributed by atoms with Crippen molar-refractivity contribution in [2.75, 3.05) is 18.5 Å². The molecule has 0 saturated heterocycles. The minimum atomic E-state index is -0.421. The van der Waals surface area contributed by atoms with Crippen molar-refractivity contribution in [1.29, 1.82) is 0 Å². The number of anilines is 1. The van der Waals surface area contributed by atoms with Gasteiger partial charge in [-0.2, -0.15) is 0 Å². The van der Waals surface area contributed by atoms with Gasteiger partial charge in [0.15, 0.2) is 6.61 Å². The molecule has 0 aliphatic heterocycles. The number of aryl methyl sites for hydroxylation is 1. The highest BCUT2D eigenvalue weighted by Gasteiger charge is 2.09. The summed E-state index contributed by atoms with van der Waals surface area (Å²) in [5.41, 5.74) is 2.41. The summed E-state index contributed by atoms with van der Waals surface area (Å²) in [4.78, 5) is 23.6. The first-order valence-corrected chi connectivity index (χ1v) is 7.91. The lowest BCUT2D eigenvalue weighted by molar-refractivity contribution is -0.145. The number of esters is 1. The number of carbonyl (C=O) groups excluding carboxylic acids is 2. The van der Waals surface area contributed by atoms with Gasteiger partial charge in [0.2, 0.25) is 0 Å². The van der Waals surface area contributed by atoms with Crippen LogP contribution in [0.2, 0.25) is 0 Å². The molecule has 0 spiro atoms. The number of amides is 1. The fourth-order valence-corrected chi connectivity index (χ4v) is 2.19. The largest absolute Gasteiger partial charge is 0.482 e. The van der Waals surface area contributed by atoms with Crippen LogP contribution in [0.1, 0.15) is 29.8 Å². The normalized spacial score (nSPS) is 10.1. The lowest BCUT2D eigenvalue weighted by Crippen LogP contribution is -2.15. The van der Waals surface area contributed by atoms with Gasteiger partial charge in [-0.05, 0) is 49.2 Å². The molecule has 0 aromatic heterocycles. The second kappa shape index (κ2) is 8.72. The van der Waals surface area contributed by atoms with Crippen LogP contribution in [-0.2, 0) is 16.0 Å². The van der Waals surface area contributed by atoms with Crippen LogP contribution in [-0.4, -0.2) is 25.1 Å². The Labute approximate surface area is 141 Å². The minimum Gasteiger partial charge on any atom is -0.482 e. The predicted molar refractivity (Wildman–Crippen MR) is 92.3 cm³/mol. The fourth-order valence-electron chi connectivity index (χ4n) is 2.19. The maximum atomic E-state index is 12.3. The van der Waals surface area contributed by atoms with E-state index < -0.39 is 5.97 Å². The van der Waals surface area contributed by atoms with Crippen LogP contribution in [0.25, 0.3) is 0 Å². The molecule has 1 N–H and O–H groups in total. The van der Waals surface area contributed by atoms with Crippen molar-refractivity contribution in [1.82, 2.24) is 0 Å². The van der Waals surface area contributed by atoms with E-state index in [1.54, 1.807) is 31.2 Å². The van der Waals surface area contributed by atoms with Crippen LogP contribution in [0.5, 0.6) is 5.75 Å². The highest BCUT2D eigenvalue weighted by Crippen LogP contribution is 2.18. The number of nitrogens with one attached hydrogen (secondary N) is 1. The van der Waals surface area contributed by atoms with Crippen LogP contribution < -0.4 is 10.1 Å². The van der Waals surface area contributed by atoms with E-state index in [4.69, 9.17) is 9.47 Å². The zero-order chi connectivity index (χ0) is 17.4. The van der Waals surface area contributed by atoms with E-state index in [1.165, 1.54) is 0 Å². The second-order valence-corrected chi connectivity index (χ2v) is 5.08. The zero-order valence-corrected chi connectivity index (χ0v) is 13.9. The highest BCUT2D eigenvalue weighted by atomic mass is 16.6. The number of hydrogen-bond donors (Lipinski definition) is 1. The van der Waals surface area contributed by atoms with Gasteiger partial charge in [-0.25, -0.2) is 4.79 Å². The fraction of sp³-hybridized carbons (Fsp3) is 0.263. The van der Waals surface area contributed by atoms with Gasteiger partial charge >= 0.3 is 5.97 Å². The highest BCUT2D eigenvalue weighted by molar-refractivity contribution is 6.04. The number of carbonyl (C=O) groups is 2. The molecular formula is C19H21NO4.